The van der Waals surface area contributed by atoms with Crippen LogP contribution in [0.15, 0.2) is 58.5 Å². The monoisotopic (exact) mass is 510 g/mol. The van der Waals surface area contributed by atoms with Crippen molar-refractivity contribution in [3.8, 4) is 11.4 Å². The fraction of sp³-hybridized carbons (Fsp3) is 0.280. The van der Waals surface area contributed by atoms with E-state index < -0.39 is 0 Å². The van der Waals surface area contributed by atoms with Gasteiger partial charge in [-0.05, 0) is 63.7 Å². The zero-order chi connectivity index (χ0) is 24.4. The van der Waals surface area contributed by atoms with Crippen molar-refractivity contribution in [2.75, 3.05) is 18.8 Å². The molecule has 0 unspecified atom stereocenters. The summed E-state index contributed by atoms with van der Waals surface area (Å²) >= 11 is 8.21. The molecule has 0 radical (unpaired) electrons. The summed E-state index contributed by atoms with van der Waals surface area (Å²) in [6.45, 7) is 9.21. The van der Waals surface area contributed by atoms with Gasteiger partial charge in [-0.1, -0.05) is 59.0 Å². The zero-order valence-electron chi connectivity index (χ0n) is 19.6. The van der Waals surface area contributed by atoms with Crippen LogP contribution < -0.4 is 5.56 Å². The molecular formula is C25H26N4O2S3. The van der Waals surface area contributed by atoms with E-state index in [4.69, 9.17) is 17.2 Å². The predicted octanol–water partition coefficient (Wildman–Crippen LogP) is 5.54. The first-order chi connectivity index (χ1) is 16.3. The maximum absolute atomic E-state index is 13.8. The van der Waals surface area contributed by atoms with Gasteiger partial charge in [-0.3, -0.25) is 18.7 Å². The molecule has 9 heteroatoms. The molecular weight excluding hydrogens is 485 g/mol. The second-order valence-electron chi connectivity index (χ2n) is 7.87. The summed E-state index contributed by atoms with van der Waals surface area (Å²) in [7, 11) is 0. The molecule has 34 heavy (non-hydrogen) atoms. The lowest BCUT2D eigenvalue weighted by atomic mass is 10.2. The minimum atomic E-state index is -0.185. The van der Waals surface area contributed by atoms with Crippen LogP contribution in [-0.2, 0) is 4.79 Å². The standard InChI is InChI=1S/C25H26N4O2S3/c1-5-27(6-2)20(30)15-33-24-26-22-21(23(31)28(24)18-13-11-16(3)12-14-18)34-25(32)29(22)19-10-8-7-9-17(19)4/h7-14H,5-6,15H2,1-4H3. The van der Waals surface area contributed by atoms with E-state index in [1.54, 1.807) is 9.47 Å². The largest absolute Gasteiger partial charge is 0.343 e. The Bertz CT molecular complexity index is 1460. The fourth-order valence-electron chi connectivity index (χ4n) is 3.77. The molecule has 0 aliphatic carbocycles. The Kier molecular flexibility index (Phi) is 7.35. The summed E-state index contributed by atoms with van der Waals surface area (Å²) in [5.74, 6) is 0.210. The van der Waals surface area contributed by atoms with Gasteiger partial charge in [0.1, 0.15) is 4.70 Å². The number of rotatable bonds is 7. The Morgan fingerprint density at radius 2 is 1.74 bits per heavy atom. The van der Waals surface area contributed by atoms with Gasteiger partial charge in [-0.25, -0.2) is 4.98 Å². The van der Waals surface area contributed by atoms with Gasteiger partial charge in [0.2, 0.25) is 5.91 Å². The fourth-order valence-corrected chi connectivity index (χ4v) is 5.97. The van der Waals surface area contributed by atoms with Gasteiger partial charge < -0.3 is 4.90 Å². The molecule has 2 aromatic heterocycles. The molecule has 0 saturated carbocycles. The average molecular weight is 511 g/mol. The van der Waals surface area contributed by atoms with E-state index in [0.717, 1.165) is 16.8 Å². The van der Waals surface area contributed by atoms with Crippen LogP contribution in [0.5, 0.6) is 0 Å². The summed E-state index contributed by atoms with van der Waals surface area (Å²) in [6.07, 6.45) is 0. The number of hydrogen-bond donors (Lipinski definition) is 0. The van der Waals surface area contributed by atoms with E-state index in [0.29, 0.717) is 38.2 Å². The van der Waals surface area contributed by atoms with Crippen LogP contribution in [0, 0.1) is 17.8 Å². The Morgan fingerprint density at radius 3 is 2.38 bits per heavy atom. The minimum Gasteiger partial charge on any atom is -0.343 e. The highest BCUT2D eigenvalue weighted by Crippen LogP contribution is 2.28. The number of aromatic nitrogens is 3. The van der Waals surface area contributed by atoms with Crippen molar-refractivity contribution < 1.29 is 4.79 Å². The van der Waals surface area contributed by atoms with Crippen LogP contribution in [0.4, 0.5) is 0 Å². The quantitative estimate of drug-likeness (QED) is 0.185. The van der Waals surface area contributed by atoms with E-state index in [-0.39, 0.29) is 17.2 Å². The van der Waals surface area contributed by atoms with E-state index in [9.17, 15) is 9.59 Å². The summed E-state index contributed by atoms with van der Waals surface area (Å²) in [4.78, 5) is 33.2. The molecule has 1 amide bonds. The van der Waals surface area contributed by atoms with Crippen LogP contribution in [0.2, 0.25) is 0 Å². The molecule has 0 aliphatic rings. The normalized spacial score (nSPS) is 11.2. The van der Waals surface area contributed by atoms with Gasteiger partial charge in [-0.2, -0.15) is 0 Å². The Balaban J connectivity index is 1.93. The lowest BCUT2D eigenvalue weighted by molar-refractivity contribution is -0.127. The maximum atomic E-state index is 13.8. The first kappa shape index (κ1) is 24.4. The third-order valence-electron chi connectivity index (χ3n) is 5.67. The molecule has 0 N–H and O–H groups in total. The summed E-state index contributed by atoms with van der Waals surface area (Å²) in [5.41, 5.74) is 4.08. The number of para-hydroxylation sites is 1. The average Bonchev–Trinajstić information content (AvgIpc) is 3.16. The van der Waals surface area contributed by atoms with Gasteiger partial charge in [0.25, 0.3) is 5.56 Å². The van der Waals surface area contributed by atoms with Crippen molar-refractivity contribution in [1.29, 1.82) is 0 Å². The van der Waals surface area contributed by atoms with Gasteiger partial charge in [-0.15, -0.1) is 0 Å². The number of carbonyl (C=O) groups excluding carboxylic acids is 1. The Morgan fingerprint density at radius 1 is 1.06 bits per heavy atom. The predicted molar refractivity (Wildman–Crippen MR) is 144 cm³/mol. The third-order valence-corrected chi connectivity index (χ3v) is 7.94. The van der Waals surface area contributed by atoms with Crippen molar-refractivity contribution in [1.82, 2.24) is 19.0 Å². The smallest absolute Gasteiger partial charge is 0.278 e. The number of aryl methyl sites for hydroxylation is 2. The second kappa shape index (κ2) is 10.2. The molecule has 0 atom stereocenters. The maximum Gasteiger partial charge on any atom is 0.278 e. The summed E-state index contributed by atoms with van der Waals surface area (Å²) in [5, 5.41) is 0.469. The van der Waals surface area contributed by atoms with E-state index >= 15 is 0 Å². The van der Waals surface area contributed by atoms with Crippen LogP contribution in [-0.4, -0.2) is 43.8 Å². The molecule has 0 saturated heterocycles. The third kappa shape index (κ3) is 4.60. The molecule has 0 spiro atoms. The number of benzene rings is 2. The number of amides is 1. The van der Waals surface area contributed by atoms with Gasteiger partial charge in [0.05, 0.1) is 17.1 Å². The first-order valence-electron chi connectivity index (χ1n) is 11.1. The van der Waals surface area contributed by atoms with Crippen molar-refractivity contribution in [2.24, 2.45) is 0 Å². The number of hydrogen-bond acceptors (Lipinski definition) is 6. The van der Waals surface area contributed by atoms with E-state index in [1.165, 1.54) is 23.1 Å². The summed E-state index contributed by atoms with van der Waals surface area (Å²) < 4.78 is 4.51. The highest BCUT2D eigenvalue weighted by molar-refractivity contribution is 7.99. The Labute approximate surface area is 211 Å². The van der Waals surface area contributed by atoms with Crippen LogP contribution in [0.25, 0.3) is 21.7 Å². The molecule has 0 fully saturated rings. The molecule has 4 aromatic rings. The number of thiazole rings is 1. The van der Waals surface area contributed by atoms with E-state index in [1.807, 2.05) is 80.8 Å². The highest BCUT2D eigenvalue weighted by Gasteiger charge is 2.21. The lowest BCUT2D eigenvalue weighted by Gasteiger charge is -2.19. The van der Waals surface area contributed by atoms with Gasteiger partial charge in [0.15, 0.2) is 14.8 Å². The zero-order valence-corrected chi connectivity index (χ0v) is 22.0. The van der Waals surface area contributed by atoms with E-state index in [2.05, 4.69) is 0 Å². The van der Waals surface area contributed by atoms with Crippen molar-refractivity contribution in [3.05, 3.63) is 74.0 Å². The SMILES string of the molecule is CCN(CC)C(=O)CSc1nc2c(sc(=S)n2-c2ccccc2C)c(=O)n1-c1ccc(C)cc1. The molecule has 2 heterocycles. The number of carbonyl (C=O) groups is 1. The summed E-state index contributed by atoms with van der Waals surface area (Å²) in [6, 6.07) is 15.6. The molecule has 0 bridgehead atoms. The molecule has 176 valence electrons. The van der Waals surface area contributed by atoms with Crippen molar-refractivity contribution in [3.63, 3.8) is 0 Å². The second-order valence-corrected chi connectivity index (χ2v) is 10.5. The van der Waals surface area contributed by atoms with Gasteiger partial charge >= 0.3 is 0 Å². The number of nitrogens with zero attached hydrogens (tertiary/aromatic N) is 4. The molecule has 2 aromatic carbocycles. The molecule has 6 nitrogen and oxygen atoms in total. The van der Waals surface area contributed by atoms with Crippen LogP contribution in [0.1, 0.15) is 25.0 Å². The van der Waals surface area contributed by atoms with Crippen molar-refractivity contribution in [2.45, 2.75) is 32.9 Å². The topological polar surface area (TPSA) is 60.1 Å². The number of thioether (sulfide) groups is 1. The molecule has 4 rings (SSSR count). The number of fused-ring (bicyclic) bond motifs is 1. The minimum absolute atomic E-state index is 0.0147. The molecule has 0 aliphatic heterocycles. The lowest BCUT2D eigenvalue weighted by Crippen LogP contribution is -2.32. The van der Waals surface area contributed by atoms with Gasteiger partial charge in [0, 0.05) is 13.1 Å². The van der Waals surface area contributed by atoms with Crippen LogP contribution in [0.3, 0.4) is 0 Å². The first-order valence-corrected chi connectivity index (χ1v) is 13.3. The van der Waals surface area contributed by atoms with Crippen LogP contribution >= 0.6 is 35.3 Å². The Hall–Kier alpha value is -2.75. The highest BCUT2D eigenvalue weighted by atomic mass is 32.2. The van der Waals surface area contributed by atoms with Crippen molar-refractivity contribution >= 4 is 51.6 Å².